The normalized spacial score (nSPS) is 19.4. The Kier molecular flexibility index (Phi) is 12.6. The summed E-state index contributed by atoms with van der Waals surface area (Å²) >= 11 is 1.85. The Morgan fingerprint density at radius 3 is 2.62 bits per heavy atom. The number of hydrogen-bond acceptors (Lipinski definition) is 6. The molecule has 2 N–H and O–H groups in total. The lowest BCUT2D eigenvalue weighted by molar-refractivity contribution is -0.149. The predicted molar refractivity (Wildman–Crippen MR) is 129 cm³/mol. The monoisotopic (exact) mass is 538 g/mol. The van der Waals surface area contributed by atoms with Crippen LogP contribution in [0.5, 0.6) is 0 Å². The Bertz CT molecular complexity index is 647. The third-order valence-corrected chi connectivity index (χ3v) is 5.76. The highest BCUT2D eigenvalue weighted by molar-refractivity contribution is 14.0. The van der Waals surface area contributed by atoms with E-state index in [9.17, 15) is 4.79 Å². The van der Waals surface area contributed by atoms with Crippen molar-refractivity contribution in [2.24, 2.45) is 18.0 Å². The molecule has 0 atom stereocenters. The summed E-state index contributed by atoms with van der Waals surface area (Å²) in [6.07, 6.45) is 6.81. The molecule has 2 rings (SSSR count). The summed E-state index contributed by atoms with van der Waals surface area (Å²) < 4.78 is 7.12. The van der Waals surface area contributed by atoms with E-state index in [0.29, 0.717) is 19.2 Å². The quantitative estimate of drug-likeness (QED) is 0.164. The number of guanidine groups is 1. The zero-order valence-corrected chi connectivity index (χ0v) is 21.1. The number of ether oxygens (including phenoxy) is 1. The van der Waals surface area contributed by atoms with Crippen LogP contribution in [0.15, 0.2) is 4.99 Å². The molecule has 0 aliphatic heterocycles. The molecule has 1 saturated carbocycles. The van der Waals surface area contributed by atoms with E-state index in [0.717, 1.165) is 62.0 Å². The highest BCUT2D eigenvalue weighted by atomic mass is 127. The Balaban J connectivity index is 0.00000420. The lowest BCUT2D eigenvalue weighted by atomic mass is 9.86. The first-order valence-corrected chi connectivity index (χ1v) is 11.5. The summed E-state index contributed by atoms with van der Waals surface area (Å²) in [5.74, 6) is 3.63. The van der Waals surface area contributed by atoms with Gasteiger partial charge in [-0.05, 0) is 58.0 Å². The lowest BCUT2D eigenvalue weighted by Crippen LogP contribution is -2.45. The van der Waals surface area contributed by atoms with Crippen LogP contribution < -0.4 is 10.6 Å². The Labute approximate surface area is 195 Å². The minimum Gasteiger partial charge on any atom is -0.466 e. The van der Waals surface area contributed by atoms with Crippen LogP contribution in [0.3, 0.4) is 0 Å². The van der Waals surface area contributed by atoms with E-state index in [1.54, 1.807) is 0 Å². The van der Waals surface area contributed by atoms with Gasteiger partial charge in [0.15, 0.2) is 11.8 Å². The predicted octanol–water partition coefficient (Wildman–Crippen LogP) is 2.65. The number of aliphatic imine (C=N–C) groups is 1. The topological polar surface area (TPSA) is 93.4 Å². The number of aromatic nitrogens is 3. The molecule has 8 nitrogen and oxygen atoms in total. The number of thioether (sulfide) groups is 1. The number of carbonyl (C=O) groups is 1. The molecule has 166 valence electrons. The smallest absolute Gasteiger partial charge is 0.308 e. The lowest BCUT2D eigenvalue weighted by Gasteiger charge is -2.29. The van der Waals surface area contributed by atoms with Gasteiger partial charge in [0.05, 0.1) is 12.5 Å². The van der Waals surface area contributed by atoms with Gasteiger partial charge in [-0.2, -0.15) is 11.8 Å². The molecule has 0 radical (unpaired) electrons. The van der Waals surface area contributed by atoms with Gasteiger partial charge >= 0.3 is 5.97 Å². The molecule has 1 aliphatic rings. The average molecular weight is 539 g/mol. The number of carbonyl (C=O) groups excluding carboxylic acids is 1. The Hall–Kier alpha value is -1.04. The summed E-state index contributed by atoms with van der Waals surface area (Å²) in [5, 5.41) is 15.3. The SMILES string of the molecule is CCOC(=O)C1CCC(NC(=NCc2nnc(C)n2C)NCCCSC)CC1.I. The second kappa shape index (κ2) is 14.1. The minimum absolute atomic E-state index is 0. The molecular weight excluding hydrogens is 503 g/mol. The molecular formula is C19H35IN6O2S. The standard InChI is InChI=1S/C19H34N6O2S.HI/c1-5-27-18(26)15-7-9-16(10-8-15)22-19(20-11-6-12-28-4)21-13-17-24-23-14(2)25(17)3;/h15-16H,5-13H2,1-4H3,(H2,20,21,22);1H. The number of nitrogens with zero attached hydrogens (tertiary/aromatic N) is 4. The first-order chi connectivity index (χ1) is 13.5. The average Bonchev–Trinajstić information content (AvgIpc) is 3.02. The van der Waals surface area contributed by atoms with Crippen LogP contribution in [0.2, 0.25) is 0 Å². The van der Waals surface area contributed by atoms with Crippen LogP contribution in [0, 0.1) is 12.8 Å². The van der Waals surface area contributed by atoms with Crippen molar-refractivity contribution in [3.8, 4) is 0 Å². The minimum atomic E-state index is -0.0531. The van der Waals surface area contributed by atoms with Crippen molar-refractivity contribution in [2.75, 3.05) is 25.2 Å². The molecule has 10 heteroatoms. The molecule has 1 aliphatic carbocycles. The number of esters is 1. The number of nitrogens with one attached hydrogen (secondary N) is 2. The van der Waals surface area contributed by atoms with Crippen molar-refractivity contribution in [2.45, 2.75) is 58.5 Å². The summed E-state index contributed by atoms with van der Waals surface area (Å²) in [5.41, 5.74) is 0. The van der Waals surface area contributed by atoms with Crippen molar-refractivity contribution in [3.05, 3.63) is 11.6 Å². The van der Waals surface area contributed by atoms with Gasteiger partial charge in [-0.15, -0.1) is 34.2 Å². The molecule has 0 aromatic carbocycles. The van der Waals surface area contributed by atoms with E-state index >= 15 is 0 Å². The third kappa shape index (κ3) is 8.69. The molecule has 0 unspecified atom stereocenters. The van der Waals surface area contributed by atoms with E-state index in [4.69, 9.17) is 9.73 Å². The van der Waals surface area contributed by atoms with Gasteiger partial charge < -0.3 is 19.9 Å². The maximum atomic E-state index is 11.9. The molecule has 1 heterocycles. The van der Waals surface area contributed by atoms with Crippen LogP contribution in [-0.2, 0) is 23.1 Å². The second-order valence-electron chi connectivity index (χ2n) is 7.11. The molecule has 29 heavy (non-hydrogen) atoms. The summed E-state index contributed by atoms with van der Waals surface area (Å²) in [6, 6.07) is 0.318. The van der Waals surface area contributed by atoms with Crippen LogP contribution in [0.4, 0.5) is 0 Å². The fraction of sp³-hybridized carbons (Fsp3) is 0.789. The zero-order chi connectivity index (χ0) is 20.4. The zero-order valence-electron chi connectivity index (χ0n) is 17.9. The first-order valence-electron chi connectivity index (χ1n) is 10.1. The van der Waals surface area contributed by atoms with Gasteiger partial charge in [0.1, 0.15) is 12.4 Å². The highest BCUT2D eigenvalue weighted by Crippen LogP contribution is 2.25. The molecule has 0 bridgehead atoms. The van der Waals surface area contributed by atoms with Crippen molar-refractivity contribution >= 4 is 47.7 Å². The first kappa shape index (κ1) is 26.0. The molecule has 0 amide bonds. The molecule has 0 saturated heterocycles. The van der Waals surface area contributed by atoms with E-state index < -0.39 is 0 Å². The van der Waals surface area contributed by atoms with Crippen molar-refractivity contribution < 1.29 is 9.53 Å². The molecule has 1 aromatic rings. The third-order valence-electron chi connectivity index (χ3n) is 5.07. The highest BCUT2D eigenvalue weighted by Gasteiger charge is 2.27. The number of aryl methyl sites for hydroxylation is 1. The van der Waals surface area contributed by atoms with Gasteiger partial charge in [0, 0.05) is 19.6 Å². The maximum absolute atomic E-state index is 11.9. The Morgan fingerprint density at radius 1 is 1.31 bits per heavy atom. The van der Waals surface area contributed by atoms with Crippen molar-refractivity contribution in [3.63, 3.8) is 0 Å². The number of hydrogen-bond donors (Lipinski definition) is 2. The number of halogens is 1. The molecule has 0 spiro atoms. The molecule has 1 aromatic heterocycles. The number of rotatable bonds is 9. The Morgan fingerprint density at radius 2 is 2.03 bits per heavy atom. The van der Waals surface area contributed by atoms with Crippen LogP contribution in [0.1, 0.15) is 50.7 Å². The summed E-state index contributed by atoms with van der Waals surface area (Å²) in [4.78, 5) is 16.6. The van der Waals surface area contributed by atoms with E-state index in [-0.39, 0.29) is 35.9 Å². The van der Waals surface area contributed by atoms with Gasteiger partial charge in [0.2, 0.25) is 0 Å². The van der Waals surface area contributed by atoms with Gasteiger partial charge in [0.25, 0.3) is 0 Å². The van der Waals surface area contributed by atoms with Crippen LogP contribution in [0.25, 0.3) is 0 Å². The largest absolute Gasteiger partial charge is 0.466 e. The molecule has 1 fully saturated rings. The maximum Gasteiger partial charge on any atom is 0.308 e. The van der Waals surface area contributed by atoms with Crippen molar-refractivity contribution in [1.29, 1.82) is 0 Å². The van der Waals surface area contributed by atoms with E-state index in [1.165, 1.54) is 0 Å². The van der Waals surface area contributed by atoms with Gasteiger partial charge in [-0.25, -0.2) is 4.99 Å². The second-order valence-corrected chi connectivity index (χ2v) is 8.09. The van der Waals surface area contributed by atoms with Gasteiger partial charge in [-0.3, -0.25) is 4.79 Å². The van der Waals surface area contributed by atoms with E-state index in [1.807, 2.05) is 37.2 Å². The fourth-order valence-electron chi connectivity index (χ4n) is 3.24. The summed E-state index contributed by atoms with van der Waals surface area (Å²) in [6.45, 7) is 5.60. The van der Waals surface area contributed by atoms with E-state index in [2.05, 4.69) is 27.1 Å². The summed E-state index contributed by atoms with van der Waals surface area (Å²) in [7, 11) is 1.95. The van der Waals surface area contributed by atoms with Gasteiger partial charge in [-0.1, -0.05) is 0 Å². The van der Waals surface area contributed by atoms with Crippen LogP contribution >= 0.6 is 35.7 Å². The van der Waals surface area contributed by atoms with Crippen molar-refractivity contribution in [1.82, 2.24) is 25.4 Å². The fourth-order valence-corrected chi connectivity index (χ4v) is 3.67. The van der Waals surface area contributed by atoms with Crippen LogP contribution in [-0.4, -0.2) is 57.9 Å².